The third-order valence-electron chi connectivity index (χ3n) is 3.54. The van der Waals surface area contributed by atoms with Crippen LogP contribution in [0.4, 0.5) is 16.0 Å². The minimum Gasteiger partial charge on any atom is -0.383 e. The number of aromatic nitrogens is 2. The summed E-state index contributed by atoms with van der Waals surface area (Å²) < 4.78 is 13.1. The summed E-state index contributed by atoms with van der Waals surface area (Å²) in [5.41, 5.74) is 8.84. The Labute approximate surface area is 124 Å². The van der Waals surface area contributed by atoms with Gasteiger partial charge in [-0.2, -0.15) is 0 Å². The lowest BCUT2D eigenvalue weighted by Crippen LogP contribution is -2.12. The first-order chi connectivity index (χ1) is 10.0. The van der Waals surface area contributed by atoms with E-state index in [4.69, 9.17) is 5.73 Å². The first-order valence-electron chi connectivity index (χ1n) is 7.13. The molecular formula is C16H21FN4. The van der Waals surface area contributed by atoms with E-state index < -0.39 is 0 Å². The second-order valence-corrected chi connectivity index (χ2v) is 5.10. The highest BCUT2D eigenvalue weighted by Gasteiger charge is 2.07. The number of nitrogens with zero attached hydrogens (tertiary/aromatic N) is 2. The van der Waals surface area contributed by atoms with Crippen molar-refractivity contribution in [1.82, 2.24) is 9.97 Å². The molecular weight excluding hydrogens is 267 g/mol. The van der Waals surface area contributed by atoms with Crippen molar-refractivity contribution in [2.75, 3.05) is 17.6 Å². The molecule has 0 unspecified atom stereocenters. The van der Waals surface area contributed by atoms with Crippen LogP contribution in [-0.2, 0) is 12.8 Å². The number of hydrogen-bond donors (Lipinski definition) is 2. The Morgan fingerprint density at radius 1 is 1.24 bits per heavy atom. The van der Waals surface area contributed by atoms with Gasteiger partial charge in [0.25, 0.3) is 0 Å². The Morgan fingerprint density at radius 3 is 2.67 bits per heavy atom. The Bertz CT molecular complexity index is 640. The number of nitrogens with one attached hydrogen (secondary N) is 1. The Balaban J connectivity index is 2.05. The summed E-state index contributed by atoms with van der Waals surface area (Å²) in [6.07, 6.45) is 1.55. The third-order valence-corrected chi connectivity index (χ3v) is 3.54. The van der Waals surface area contributed by atoms with Crippen LogP contribution < -0.4 is 11.1 Å². The number of nitrogens with two attached hydrogens (primary N) is 1. The maximum Gasteiger partial charge on any atom is 0.134 e. The summed E-state index contributed by atoms with van der Waals surface area (Å²) in [5.74, 6) is 1.83. The van der Waals surface area contributed by atoms with Crippen molar-refractivity contribution in [3.63, 3.8) is 0 Å². The lowest BCUT2D eigenvalue weighted by atomic mass is 10.1. The maximum atomic E-state index is 13.1. The molecule has 0 radical (unpaired) electrons. The first kappa shape index (κ1) is 15.2. The second-order valence-electron chi connectivity index (χ2n) is 5.10. The molecule has 0 aliphatic rings. The number of nitrogen functional groups attached to an aromatic ring is 1. The minimum atomic E-state index is -0.198. The quantitative estimate of drug-likeness (QED) is 0.887. The second kappa shape index (κ2) is 6.52. The van der Waals surface area contributed by atoms with Gasteiger partial charge in [-0.15, -0.1) is 0 Å². The van der Waals surface area contributed by atoms with Gasteiger partial charge in [0.05, 0.1) is 0 Å². The van der Waals surface area contributed by atoms with Gasteiger partial charge in [0.1, 0.15) is 23.3 Å². The molecule has 0 amide bonds. The number of rotatable bonds is 5. The largest absolute Gasteiger partial charge is 0.383 e. The van der Waals surface area contributed by atoms with Crippen molar-refractivity contribution >= 4 is 11.6 Å². The normalized spacial score (nSPS) is 10.7. The zero-order chi connectivity index (χ0) is 15.4. The van der Waals surface area contributed by atoms with Crippen LogP contribution in [0, 0.1) is 19.7 Å². The molecule has 0 aliphatic heterocycles. The summed E-state index contributed by atoms with van der Waals surface area (Å²) >= 11 is 0. The van der Waals surface area contributed by atoms with Gasteiger partial charge < -0.3 is 11.1 Å². The van der Waals surface area contributed by atoms with Crippen LogP contribution >= 0.6 is 0 Å². The zero-order valence-corrected chi connectivity index (χ0v) is 12.7. The number of hydrogen-bond acceptors (Lipinski definition) is 4. The van der Waals surface area contributed by atoms with E-state index >= 15 is 0 Å². The van der Waals surface area contributed by atoms with E-state index in [0.29, 0.717) is 12.4 Å². The van der Waals surface area contributed by atoms with Gasteiger partial charge in [-0.3, -0.25) is 0 Å². The summed E-state index contributed by atoms with van der Waals surface area (Å²) in [6, 6.07) is 4.87. The topological polar surface area (TPSA) is 63.8 Å². The summed E-state index contributed by atoms with van der Waals surface area (Å²) in [5, 5.41) is 3.29. The average Bonchev–Trinajstić information content (AvgIpc) is 2.45. The number of aryl methyl sites for hydroxylation is 2. The predicted molar refractivity (Wildman–Crippen MR) is 83.9 cm³/mol. The summed E-state index contributed by atoms with van der Waals surface area (Å²) in [7, 11) is 0. The van der Waals surface area contributed by atoms with Gasteiger partial charge in [0.15, 0.2) is 0 Å². The molecule has 5 heteroatoms. The molecule has 0 spiro atoms. The van der Waals surface area contributed by atoms with E-state index in [-0.39, 0.29) is 5.82 Å². The predicted octanol–water partition coefficient (Wildman–Crippen LogP) is 3.03. The third kappa shape index (κ3) is 3.68. The maximum absolute atomic E-state index is 13.1. The van der Waals surface area contributed by atoms with E-state index in [0.717, 1.165) is 41.2 Å². The zero-order valence-electron chi connectivity index (χ0n) is 12.7. The number of benzene rings is 1. The molecule has 21 heavy (non-hydrogen) atoms. The molecule has 2 rings (SSSR count). The number of anilines is 2. The Kier molecular flexibility index (Phi) is 4.73. The van der Waals surface area contributed by atoms with Crippen LogP contribution in [0.2, 0.25) is 0 Å². The molecule has 4 nitrogen and oxygen atoms in total. The van der Waals surface area contributed by atoms with Gasteiger partial charge in [-0.25, -0.2) is 14.4 Å². The molecule has 0 bridgehead atoms. The molecule has 2 aromatic rings. The lowest BCUT2D eigenvalue weighted by molar-refractivity contribution is 0.625. The van der Waals surface area contributed by atoms with Gasteiger partial charge >= 0.3 is 0 Å². The minimum absolute atomic E-state index is 0.198. The van der Waals surface area contributed by atoms with Crippen LogP contribution in [0.15, 0.2) is 18.2 Å². The van der Waals surface area contributed by atoms with Crippen molar-refractivity contribution in [1.29, 1.82) is 0 Å². The molecule has 0 atom stereocenters. The van der Waals surface area contributed by atoms with E-state index in [9.17, 15) is 4.39 Å². The monoisotopic (exact) mass is 288 g/mol. The fourth-order valence-electron chi connectivity index (χ4n) is 2.17. The van der Waals surface area contributed by atoms with Gasteiger partial charge in [-0.05, 0) is 43.5 Å². The van der Waals surface area contributed by atoms with E-state index in [1.807, 2.05) is 26.8 Å². The van der Waals surface area contributed by atoms with Crippen LogP contribution in [0.5, 0.6) is 0 Å². The highest BCUT2D eigenvalue weighted by Crippen LogP contribution is 2.18. The van der Waals surface area contributed by atoms with Gasteiger partial charge in [0, 0.05) is 18.5 Å². The van der Waals surface area contributed by atoms with E-state index in [1.165, 1.54) is 6.07 Å². The van der Waals surface area contributed by atoms with Crippen LogP contribution in [0.25, 0.3) is 0 Å². The van der Waals surface area contributed by atoms with Crippen molar-refractivity contribution in [3.8, 4) is 0 Å². The van der Waals surface area contributed by atoms with Gasteiger partial charge in [-0.1, -0.05) is 13.0 Å². The number of halogens is 1. The molecule has 112 valence electrons. The smallest absolute Gasteiger partial charge is 0.134 e. The molecule has 0 saturated heterocycles. The summed E-state index contributed by atoms with van der Waals surface area (Å²) in [6.45, 7) is 6.53. The van der Waals surface area contributed by atoms with Crippen molar-refractivity contribution in [2.24, 2.45) is 0 Å². The Morgan fingerprint density at radius 2 is 2.00 bits per heavy atom. The lowest BCUT2D eigenvalue weighted by Gasteiger charge is -2.12. The van der Waals surface area contributed by atoms with Crippen molar-refractivity contribution in [2.45, 2.75) is 33.6 Å². The molecule has 1 aromatic carbocycles. The van der Waals surface area contributed by atoms with Crippen LogP contribution in [0.1, 0.15) is 29.4 Å². The standard InChI is InChI=1S/C16H21FN4/c1-4-14-20-15(18)11(3)16(21-14)19-8-7-12-5-6-13(17)9-10(12)2/h5-6,9H,4,7-8H2,1-3H3,(H3,18,19,20,21). The van der Waals surface area contributed by atoms with E-state index in [1.54, 1.807) is 6.07 Å². The first-order valence-corrected chi connectivity index (χ1v) is 7.13. The van der Waals surface area contributed by atoms with Crippen LogP contribution in [-0.4, -0.2) is 16.5 Å². The summed E-state index contributed by atoms with van der Waals surface area (Å²) in [4.78, 5) is 8.68. The SMILES string of the molecule is CCc1nc(N)c(C)c(NCCc2ccc(F)cc2C)n1. The molecule has 1 heterocycles. The highest BCUT2D eigenvalue weighted by atomic mass is 19.1. The molecule has 1 aromatic heterocycles. The fourth-order valence-corrected chi connectivity index (χ4v) is 2.17. The highest BCUT2D eigenvalue weighted by molar-refractivity contribution is 5.54. The van der Waals surface area contributed by atoms with Crippen molar-refractivity contribution in [3.05, 3.63) is 46.5 Å². The fraction of sp³-hybridized carbons (Fsp3) is 0.375. The van der Waals surface area contributed by atoms with Gasteiger partial charge in [0.2, 0.25) is 0 Å². The van der Waals surface area contributed by atoms with Crippen molar-refractivity contribution < 1.29 is 4.39 Å². The molecule has 3 N–H and O–H groups in total. The molecule has 0 fully saturated rings. The Hall–Kier alpha value is -2.17. The average molecular weight is 288 g/mol. The van der Waals surface area contributed by atoms with E-state index in [2.05, 4.69) is 15.3 Å². The molecule has 0 aliphatic carbocycles. The molecule has 0 saturated carbocycles. The van der Waals surface area contributed by atoms with Crippen LogP contribution in [0.3, 0.4) is 0 Å².